The van der Waals surface area contributed by atoms with Crippen molar-refractivity contribution in [3.05, 3.63) is 29.8 Å². The molecular formula is C20H33N3O3S. The first-order valence-electron chi connectivity index (χ1n) is 9.70. The van der Waals surface area contributed by atoms with Gasteiger partial charge in [0.15, 0.2) is 0 Å². The Bertz CT molecular complexity index is 718. The zero-order valence-electron chi connectivity index (χ0n) is 16.9. The molecule has 0 aromatic heterocycles. The van der Waals surface area contributed by atoms with Crippen molar-refractivity contribution in [2.24, 2.45) is 0 Å². The van der Waals surface area contributed by atoms with E-state index in [-0.39, 0.29) is 30.6 Å². The van der Waals surface area contributed by atoms with Crippen LogP contribution in [0.4, 0.5) is 10.5 Å². The molecule has 152 valence electrons. The summed E-state index contributed by atoms with van der Waals surface area (Å²) in [5.74, 6) is 0. The largest absolute Gasteiger partial charge is 0.336 e. The van der Waals surface area contributed by atoms with E-state index in [1.165, 1.54) is 17.0 Å². The van der Waals surface area contributed by atoms with Crippen LogP contribution in [0.15, 0.2) is 24.3 Å². The van der Waals surface area contributed by atoms with Crippen LogP contribution >= 0.6 is 0 Å². The van der Waals surface area contributed by atoms with Gasteiger partial charge in [-0.2, -0.15) is 0 Å². The van der Waals surface area contributed by atoms with Crippen molar-refractivity contribution < 1.29 is 13.2 Å². The van der Waals surface area contributed by atoms with E-state index in [0.717, 1.165) is 31.2 Å². The lowest BCUT2D eigenvalue weighted by molar-refractivity contribution is 0.233. The van der Waals surface area contributed by atoms with Crippen LogP contribution in [0.2, 0.25) is 0 Å². The molecule has 0 heterocycles. The number of hydrogen-bond donors (Lipinski definition) is 2. The first-order valence-corrected chi connectivity index (χ1v) is 11.5. The third-order valence-electron chi connectivity index (χ3n) is 4.96. The van der Waals surface area contributed by atoms with E-state index in [2.05, 4.69) is 31.4 Å². The van der Waals surface area contributed by atoms with Crippen LogP contribution in [0.5, 0.6) is 0 Å². The maximum atomic E-state index is 12.2. The number of anilines is 1. The van der Waals surface area contributed by atoms with Gasteiger partial charge in [-0.05, 0) is 36.0 Å². The van der Waals surface area contributed by atoms with Crippen LogP contribution in [0.1, 0.15) is 58.4 Å². The summed E-state index contributed by atoms with van der Waals surface area (Å²) < 4.78 is 25.7. The highest BCUT2D eigenvalue weighted by Crippen LogP contribution is 2.25. The molecule has 2 rings (SSSR count). The maximum Gasteiger partial charge on any atom is 0.315 e. The molecule has 2 amide bonds. The normalized spacial score (nSPS) is 16.0. The fourth-order valence-corrected chi connectivity index (χ4v) is 4.30. The lowest BCUT2D eigenvalue weighted by atomic mass is 9.87. The first kappa shape index (κ1) is 21.5. The van der Waals surface area contributed by atoms with E-state index in [1.807, 2.05) is 24.3 Å². The van der Waals surface area contributed by atoms with E-state index in [4.69, 9.17) is 0 Å². The fraction of sp³-hybridized carbons (Fsp3) is 0.650. The van der Waals surface area contributed by atoms with E-state index in [1.54, 1.807) is 0 Å². The summed E-state index contributed by atoms with van der Waals surface area (Å²) in [6, 6.07) is 7.56. The fourth-order valence-electron chi connectivity index (χ4n) is 3.37. The summed E-state index contributed by atoms with van der Waals surface area (Å²) in [5, 5.41) is 5.76. The molecule has 1 saturated carbocycles. The molecule has 1 aliphatic carbocycles. The molecular weight excluding hydrogens is 362 g/mol. The van der Waals surface area contributed by atoms with Gasteiger partial charge in [0.2, 0.25) is 10.0 Å². The molecule has 1 fully saturated rings. The monoisotopic (exact) mass is 395 g/mol. The molecule has 0 saturated heterocycles. The third kappa shape index (κ3) is 6.72. The quantitative estimate of drug-likeness (QED) is 0.775. The van der Waals surface area contributed by atoms with Crippen molar-refractivity contribution >= 4 is 21.7 Å². The van der Waals surface area contributed by atoms with Crippen LogP contribution in [0, 0.1) is 0 Å². The highest BCUT2D eigenvalue weighted by molar-refractivity contribution is 7.92. The van der Waals surface area contributed by atoms with Crippen molar-refractivity contribution in [3.63, 3.8) is 0 Å². The molecule has 0 aliphatic heterocycles. The van der Waals surface area contributed by atoms with Crippen LogP contribution in [0.25, 0.3) is 0 Å². The zero-order valence-corrected chi connectivity index (χ0v) is 17.7. The summed E-state index contributed by atoms with van der Waals surface area (Å²) >= 11 is 0. The average Bonchev–Trinajstić information content (AvgIpc) is 2.58. The van der Waals surface area contributed by atoms with Gasteiger partial charge in [-0.25, -0.2) is 13.2 Å². The van der Waals surface area contributed by atoms with Gasteiger partial charge >= 0.3 is 6.03 Å². The lowest BCUT2D eigenvalue weighted by Gasteiger charge is -2.25. The van der Waals surface area contributed by atoms with Crippen LogP contribution in [0.3, 0.4) is 0 Å². The van der Waals surface area contributed by atoms with Gasteiger partial charge in [0.25, 0.3) is 0 Å². The number of benzene rings is 1. The average molecular weight is 396 g/mol. The number of nitrogens with one attached hydrogen (secondary N) is 2. The summed E-state index contributed by atoms with van der Waals surface area (Å²) in [6.45, 7) is 6.81. The van der Waals surface area contributed by atoms with E-state index in [0.29, 0.717) is 5.69 Å². The third-order valence-corrected chi connectivity index (χ3v) is 6.16. The van der Waals surface area contributed by atoms with Gasteiger partial charge in [-0.15, -0.1) is 0 Å². The summed E-state index contributed by atoms with van der Waals surface area (Å²) in [6.07, 6.45) is 6.75. The molecule has 2 N–H and O–H groups in total. The molecule has 1 aromatic rings. The Morgan fingerprint density at radius 1 is 1.11 bits per heavy atom. The number of carbonyl (C=O) groups excluding carboxylic acids is 1. The van der Waals surface area contributed by atoms with Crippen molar-refractivity contribution in [1.82, 2.24) is 10.6 Å². The van der Waals surface area contributed by atoms with Crippen LogP contribution < -0.4 is 14.9 Å². The minimum Gasteiger partial charge on any atom is -0.336 e. The smallest absolute Gasteiger partial charge is 0.315 e. The Morgan fingerprint density at radius 3 is 2.22 bits per heavy atom. The van der Waals surface area contributed by atoms with E-state index >= 15 is 0 Å². The number of sulfonamides is 1. The van der Waals surface area contributed by atoms with Crippen molar-refractivity contribution in [2.75, 3.05) is 23.7 Å². The van der Waals surface area contributed by atoms with Crippen LogP contribution in [-0.4, -0.2) is 39.8 Å². The summed E-state index contributed by atoms with van der Waals surface area (Å²) in [4.78, 5) is 12.0. The second-order valence-corrected chi connectivity index (χ2v) is 10.3. The summed E-state index contributed by atoms with van der Waals surface area (Å²) in [5.41, 5.74) is 1.76. The predicted molar refractivity (Wildman–Crippen MR) is 111 cm³/mol. The molecule has 27 heavy (non-hydrogen) atoms. The zero-order chi connectivity index (χ0) is 20.1. The Morgan fingerprint density at radius 2 is 1.70 bits per heavy atom. The van der Waals surface area contributed by atoms with Gasteiger partial charge in [0, 0.05) is 12.6 Å². The maximum absolute atomic E-state index is 12.2. The minimum atomic E-state index is -3.43. The van der Waals surface area contributed by atoms with Gasteiger partial charge in [0.1, 0.15) is 0 Å². The molecule has 0 bridgehead atoms. The SMILES string of the molecule is CC(C)(C)c1ccc(N(CCNC(=O)NC2CCCCC2)S(C)(=O)=O)cc1. The number of amides is 2. The number of nitrogens with zero attached hydrogens (tertiary/aromatic N) is 1. The Kier molecular flexibility index (Phi) is 7.14. The first-order chi connectivity index (χ1) is 12.6. The van der Waals surface area contributed by atoms with Gasteiger partial charge in [-0.1, -0.05) is 52.2 Å². The molecule has 0 atom stereocenters. The van der Waals surface area contributed by atoms with Gasteiger partial charge in [-0.3, -0.25) is 4.31 Å². The number of rotatable bonds is 6. The van der Waals surface area contributed by atoms with Crippen LogP contribution in [-0.2, 0) is 15.4 Å². The minimum absolute atomic E-state index is 0.00716. The van der Waals surface area contributed by atoms with Gasteiger partial charge < -0.3 is 10.6 Å². The Labute approximate surface area is 163 Å². The standard InChI is InChI=1S/C20H33N3O3S/c1-20(2,3)16-10-12-18(13-11-16)23(27(4,25)26)15-14-21-19(24)22-17-8-6-5-7-9-17/h10-13,17H,5-9,14-15H2,1-4H3,(H2,21,22,24). The van der Waals surface area contributed by atoms with E-state index in [9.17, 15) is 13.2 Å². The molecule has 6 nitrogen and oxygen atoms in total. The van der Waals surface area contributed by atoms with E-state index < -0.39 is 10.0 Å². The molecule has 0 unspecified atom stereocenters. The van der Waals surface area contributed by atoms with Gasteiger partial charge in [0.05, 0.1) is 18.5 Å². The molecule has 7 heteroatoms. The number of carbonyl (C=O) groups is 1. The number of hydrogen-bond acceptors (Lipinski definition) is 3. The summed E-state index contributed by atoms with van der Waals surface area (Å²) in [7, 11) is -3.43. The Balaban J connectivity index is 1.94. The lowest BCUT2D eigenvalue weighted by Crippen LogP contribution is -2.45. The number of urea groups is 1. The predicted octanol–water partition coefficient (Wildman–Crippen LogP) is 3.38. The van der Waals surface area contributed by atoms with Crippen molar-refractivity contribution in [3.8, 4) is 0 Å². The van der Waals surface area contributed by atoms with Crippen molar-refractivity contribution in [1.29, 1.82) is 0 Å². The molecule has 1 aliphatic rings. The topological polar surface area (TPSA) is 78.5 Å². The highest BCUT2D eigenvalue weighted by Gasteiger charge is 2.20. The van der Waals surface area contributed by atoms with Crippen molar-refractivity contribution in [2.45, 2.75) is 64.3 Å². The second kappa shape index (κ2) is 8.95. The molecule has 1 aromatic carbocycles. The molecule has 0 radical (unpaired) electrons. The Hall–Kier alpha value is -1.76. The second-order valence-electron chi connectivity index (χ2n) is 8.37. The highest BCUT2D eigenvalue weighted by atomic mass is 32.2. The molecule has 0 spiro atoms.